The van der Waals surface area contributed by atoms with E-state index in [4.69, 9.17) is 0 Å². The summed E-state index contributed by atoms with van der Waals surface area (Å²) in [5.41, 5.74) is 1.11. The van der Waals surface area contributed by atoms with Crippen molar-refractivity contribution in [3.05, 3.63) is 34.1 Å². The van der Waals surface area contributed by atoms with Gasteiger partial charge in [-0.1, -0.05) is 22.0 Å². The molecule has 1 atom stereocenters. The molecule has 0 aromatic heterocycles. The van der Waals surface area contributed by atoms with Gasteiger partial charge < -0.3 is 5.32 Å². The van der Waals surface area contributed by atoms with Crippen LogP contribution in [0, 0.1) is 11.7 Å². The molecule has 1 nitrogen and oxygen atoms in total. The van der Waals surface area contributed by atoms with Gasteiger partial charge in [-0.15, -0.1) is 0 Å². The summed E-state index contributed by atoms with van der Waals surface area (Å²) in [5, 5.41) is 3.47. The van der Waals surface area contributed by atoms with E-state index < -0.39 is 0 Å². The Morgan fingerprint density at radius 2 is 2.27 bits per heavy atom. The van der Waals surface area contributed by atoms with Crippen molar-refractivity contribution in [3.63, 3.8) is 0 Å². The van der Waals surface area contributed by atoms with Crippen LogP contribution in [0.25, 0.3) is 0 Å². The van der Waals surface area contributed by atoms with Gasteiger partial charge in [-0.3, -0.25) is 0 Å². The van der Waals surface area contributed by atoms with Crippen molar-refractivity contribution in [2.75, 3.05) is 0 Å². The molecule has 0 saturated heterocycles. The normalized spacial score (nSPS) is 17.8. The van der Waals surface area contributed by atoms with Gasteiger partial charge in [-0.2, -0.15) is 0 Å². The summed E-state index contributed by atoms with van der Waals surface area (Å²) in [4.78, 5) is 0. The summed E-state index contributed by atoms with van der Waals surface area (Å²) >= 11 is 3.37. The molecule has 15 heavy (non-hydrogen) atoms. The molecule has 0 radical (unpaired) electrons. The fourth-order valence-electron chi connectivity index (χ4n) is 1.70. The van der Waals surface area contributed by atoms with Gasteiger partial charge in [0.25, 0.3) is 0 Å². The first-order chi connectivity index (χ1) is 7.16. The minimum absolute atomic E-state index is 0.194. The smallest absolute Gasteiger partial charge is 0.124 e. The number of halogens is 2. The van der Waals surface area contributed by atoms with Gasteiger partial charge >= 0.3 is 0 Å². The Morgan fingerprint density at radius 1 is 1.53 bits per heavy atom. The van der Waals surface area contributed by atoms with Crippen LogP contribution in [-0.2, 0) is 6.54 Å². The van der Waals surface area contributed by atoms with Gasteiger partial charge in [0.05, 0.1) is 0 Å². The third kappa shape index (κ3) is 3.02. The SMILES string of the molecule is CC(NCc1ccc(F)cc1Br)C1CC1. The number of benzene rings is 1. The lowest BCUT2D eigenvalue weighted by Crippen LogP contribution is -2.27. The zero-order valence-electron chi connectivity index (χ0n) is 8.76. The second-order valence-corrected chi connectivity index (χ2v) is 5.10. The van der Waals surface area contributed by atoms with E-state index in [0.29, 0.717) is 6.04 Å². The largest absolute Gasteiger partial charge is 0.310 e. The van der Waals surface area contributed by atoms with E-state index in [1.54, 1.807) is 0 Å². The molecule has 0 bridgehead atoms. The van der Waals surface area contributed by atoms with E-state index in [1.165, 1.54) is 25.0 Å². The lowest BCUT2D eigenvalue weighted by atomic mass is 10.2. The van der Waals surface area contributed by atoms with Crippen molar-refractivity contribution in [1.82, 2.24) is 5.32 Å². The third-order valence-corrected chi connectivity index (χ3v) is 3.70. The maximum Gasteiger partial charge on any atom is 0.124 e. The van der Waals surface area contributed by atoms with Crippen LogP contribution in [0.15, 0.2) is 22.7 Å². The number of rotatable bonds is 4. The standard InChI is InChI=1S/C12H15BrFN/c1-8(9-2-3-9)15-7-10-4-5-11(14)6-12(10)13/h4-6,8-9,15H,2-3,7H2,1H3. The summed E-state index contributed by atoms with van der Waals surface area (Å²) in [6.07, 6.45) is 2.69. The summed E-state index contributed by atoms with van der Waals surface area (Å²) in [6.45, 7) is 3.02. The van der Waals surface area contributed by atoms with Gasteiger partial charge in [0.15, 0.2) is 0 Å². The summed E-state index contributed by atoms with van der Waals surface area (Å²) in [6, 6.07) is 5.41. The molecule has 3 heteroatoms. The average Bonchev–Trinajstić information content (AvgIpc) is 2.99. The van der Waals surface area contributed by atoms with Gasteiger partial charge in [0, 0.05) is 17.1 Å². The third-order valence-electron chi connectivity index (χ3n) is 2.96. The van der Waals surface area contributed by atoms with Crippen LogP contribution in [0.1, 0.15) is 25.3 Å². The number of hydrogen-bond donors (Lipinski definition) is 1. The second kappa shape index (κ2) is 4.62. The zero-order valence-corrected chi connectivity index (χ0v) is 10.3. The topological polar surface area (TPSA) is 12.0 Å². The molecule has 0 amide bonds. The highest BCUT2D eigenvalue weighted by Crippen LogP contribution is 2.32. The van der Waals surface area contributed by atoms with E-state index in [-0.39, 0.29) is 5.82 Å². The minimum Gasteiger partial charge on any atom is -0.310 e. The molecule has 0 heterocycles. The molecule has 1 saturated carbocycles. The van der Waals surface area contributed by atoms with Gasteiger partial charge in [-0.25, -0.2) is 4.39 Å². The van der Waals surface area contributed by atoms with Crippen LogP contribution in [0.3, 0.4) is 0 Å². The van der Waals surface area contributed by atoms with E-state index in [2.05, 4.69) is 28.2 Å². The lowest BCUT2D eigenvalue weighted by molar-refractivity contribution is 0.495. The van der Waals surface area contributed by atoms with E-state index in [1.807, 2.05) is 6.07 Å². The maximum absolute atomic E-state index is 12.8. The van der Waals surface area contributed by atoms with Crippen molar-refractivity contribution >= 4 is 15.9 Å². The van der Waals surface area contributed by atoms with Crippen LogP contribution in [0.4, 0.5) is 4.39 Å². The van der Waals surface area contributed by atoms with Crippen molar-refractivity contribution < 1.29 is 4.39 Å². The Balaban J connectivity index is 1.92. The van der Waals surface area contributed by atoms with Crippen LogP contribution < -0.4 is 5.32 Å². The Kier molecular flexibility index (Phi) is 3.42. The Labute approximate surface area is 98.2 Å². The molecule has 0 spiro atoms. The van der Waals surface area contributed by atoms with E-state index >= 15 is 0 Å². The predicted octanol–water partition coefficient (Wildman–Crippen LogP) is 3.48. The molecule has 2 rings (SSSR count). The van der Waals surface area contributed by atoms with Crippen LogP contribution in [-0.4, -0.2) is 6.04 Å². The molecule has 1 aliphatic carbocycles. The molecule has 0 aliphatic heterocycles. The monoisotopic (exact) mass is 271 g/mol. The molecule has 1 aromatic rings. The quantitative estimate of drug-likeness (QED) is 0.884. The molecule has 1 aromatic carbocycles. The molecule has 1 unspecified atom stereocenters. The molecular formula is C12H15BrFN. The molecule has 82 valence electrons. The lowest BCUT2D eigenvalue weighted by Gasteiger charge is -2.13. The van der Waals surface area contributed by atoms with Gasteiger partial charge in [0.2, 0.25) is 0 Å². The first-order valence-corrected chi connectivity index (χ1v) is 6.13. The maximum atomic E-state index is 12.8. The second-order valence-electron chi connectivity index (χ2n) is 4.24. The Morgan fingerprint density at radius 3 is 2.87 bits per heavy atom. The first-order valence-electron chi connectivity index (χ1n) is 5.34. The summed E-state index contributed by atoms with van der Waals surface area (Å²) < 4.78 is 13.7. The van der Waals surface area contributed by atoms with E-state index in [9.17, 15) is 4.39 Å². The number of nitrogens with one attached hydrogen (secondary N) is 1. The molecule has 1 fully saturated rings. The fourth-order valence-corrected chi connectivity index (χ4v) is 2.19. The summed E-state index contributed by atoms with van der Waals surface area (Å²) in [7, 11) is 0. The Bertz CT molecular complexity index is 349. The van der Waals surface area contributed by atoms with Crippen LogP contribution >= 0.6 is 15.9 Å². The molecule has 1 aliphatic rings. The minimum atomic E-state index is -0.194. The van der Waals surface area contributed by atoms with Gasteiger partial charge in [0.1, 0.15) is 5.82 Å². The highest BCUT2D eigenvalue weighted by molar-refractivity contribution is 9.10. The van der Waals surface area contributed by atoms with Crippen LogP contribution in [0.5, 0.6) is 0 Å². The van der Waals surface area contributed by atoms with Crippen molar-refractivity contribution in [1.29, 1.82) is 0 Å². The first kappa shape index (κ1) is 11.1. The Hall–Kier alpha value is -0.410. The molecular weight excluding hydrogens is 257 g/mol. The average molecular weight is 272 g/mol. The van der Waals surface area contributed by atoms with Crippen LogP contribution in [0.2, 0.25) is 0 Å². The van der Waals surface area contributed by atoms with Crippen molar-refractivity contribution in [2.45, 2.75) is 32.4 Å². The zero-order chi connectivity index (χ0) is 10.8. The van der Waals surface area contributed by atoms with Crippen molar-refractivity contribution in [3.8, 4) is 0 Å². The molecule has 1 N–H and O–H groups in total. The van der Waals surface area contributed by atoms with Crippen molar-refractivity contribution in [2.24, 2.45) is 5.92 Å². The highest BCUT2D eigenvalue weighted by Gasteiger charge is 2.27. The summed E-state index contributed by atoms with van der Waals surface area (Å²) in [5.74, 6) is 0.657. The predicted molar refractivity (Wildman–Crippen MR) is 63.1 cm³/mol. The van der Waals surface area contributed by atoms with E-state index in [0.717, 1.165) is 22.5 Å². The highest BCUT2D eigenvalue weighted by atomic mass is 79.9. The fraction of sp³-hybridized carbons (Fsp3) is 0.500. The van der Waals surface area contributed by atoms with Gasteiger partial charge in [-0.05, 0) is 43.4 Å². The number of hydrogen-bond acceptors (Lipinski definition) is 1.